The van der Waals surface area contributed by atoms with Gasteiger partial charge in [-0.25, -0.2) is 0 Å². The van der Waals surface area contributed by atoms with E-state index in [0.29, 0.717) is 31.1 Å². The Hall–Kier alpha value is -2.12. The lowest BCUT2D eigenvalue weighted by Crippen LogP contribution is -2.51. The van der Waals surface area contributed by atoms with Crippen molar-refractivity contribution in [2.45, 2.75) is 26.2 Å². The Bertz CT molecular complexity index is 653. The SMILES string of the molecule is CCOc1ccccc1NC(=O)CN1CCN(CC(=O)N2CCCCC2)CC1. The number of carbonyl (C=O) groups is 2. The summed E-state index contributed by atoms with van der Waals surface area (Å²) >= 11 is 0. The molecule has 1 aromatic rings. The molecule has 1 aromatic carbocycles. The van der Waals surface area contributed by atoms with Crippen molar-refractivity contribution in [2.24, 2.45) is 0 Å². The number of rotatable bonds is 7. The van der Waals surface area contributed by atoms with E-state index in [1.165, 1.54) is 6.42 Å². The number of piperidine rings is 1. The minimum Gasteiger partial charge on any atom is -0.492 e. The Kier molecular flexibility index (Phi) is 7.68. The van der Waals surface area contributed by atoms with Gasteiger partial charge in [-0.05, 0) is 38.3 Å². The molecule has 0 radical (unpaired) electrons. The van der Waals surface area contributed by atoms with Crippen LogP contribution < -0.4 is 10.1 Å². The minimum absolute atomic E-state index is 0.0370. The normalized spacial score (nSPS) is 18.7. The Morgan fingerprint density at radius 2 is 1.57 bits per heavy atom. The lowest BCUT2D eigenvalue weighted by molar-refractivity contribution is -0.134. The van der Waals surface area contributed by atoms with Gasteiger partial charge in [0.1, 0.15) is 5.75 Å². The van der Waals surface area contributed by atoms with Crippen LogP contribution in [0, 0.1) is 0 Å². The summed E-state index contributed by atoms with van der Waals surface area (Å²) in [5, 5.41) is 2.95. The number of carbonyl (C=O) groups excluding carboxylic acids is 2. The third-order valence-corrected chi connectivity index (χ3v) is 5.36. The summed E-state index contributed by atoms with van der Waals surface area (Å²) in [5.41, 5.74) is 0.708. The lowest BCUT2D eigenvalue weighted by Gasteiger charge is -2.35. The molecule has 7 heteroatoms. The number of hydrogen-bond acceptors (Lipinski definition) is 5. The number of nitrogens with zero attached hydrogens (tertiary/aromatic N) is 3. The van der Waals surface area contributed by atoms with Gasteiger partial charge in [0, 0.05) is 39.3 Å². The van der Waals surface area contributed by atoms with E-state index in [2.05, 4.69) is 15.1 Å². The first-order chi connectivity index (χ1) is 13.7. The Morgan fingerprint density at radius 1 is 0.929 bits per heavy atom. The van der Waals surface area contributed by atoms with Crippen molar-refractivity contribution in [1.29, 1.82) is 0 Å². The molecule has 0 aliphatic carbocycles. The smallest absolute Gasteiger partial charge is 0.238 e. The van der Waals surface area contributed by atoms with E-state index in [9.17, 15) is 9.59 Å². The van der Waals surface area contributed by atoms with Crippen molar-refractivity contribution >= 4 is 17.5 Å². The maximum absolute atomic E-state index is 12.4. The van der Waals surface area contributed by atoms with Gasteiger partial charge >= 0.3 is 0 Å². The number of piperazine rings is 1. The molecule has 2 fully saturated rings. The van der Waals surface area contributed by atoms with Gasteiger partial charge in [-0.1, -0.05) is 12.1 Å². The molecule has 154 valence electrons. The van der Waals surface area contributed by atoms with Gasteiger partial charge in [0.05, 0.1) is 25.4 Å². The summed E-state index contributed by atoms with van der Waals surface area (Å²) in [4.78, 5) is 31.2. The van der Waals surface area contributed by atoms with Gasteiger partial charge in [-0.2, -0.15) is 0 Å². The average molecular weight is 389 g/mol. The Morgan fingerprint density at radius 3 is 2.25 bits per heavy atom. The number of likely N-dealkylation sites (tertiary alicyclic amines) is 1. The average Bonchev–Trinajstić information content (AvgIpc) is 2.72. The second kappa shape index (κ2) is 10.4. The monoisotopic (exact) mass is 388 g/mol. The van der Waals surface area contributed by atoms with Gasteiger partial charge in [-0.15, -0.1) is 0 Å². The molecule has 2 aliphatic heterocycles. The summed E-state index contributed by atoms with van der Waals surface area (Å²) in [7, 11) is 0. The number of ether oxygens (including phenoxy) is 1. The second-order valence-electron chi connectivity index (χ2n) is 7.47. The summed E-state index contributed by atoms with van der Waals surface area (Å²) in [6.07, 6.45) is 3.49. The maximum atomic E-state index is 12.4. The lowest BCUT2D eigenvalue weighted by atomic mass is 10.1. The molecule has 0 unspecified atom stereocenters. The van der Waals surface area contributed by atoms with Gasteiger partial charge in [0.15, 0.2) is 0 Å². The summed E-state index contributed by atoms with van der Waals surface area (Å²) < 4.78 is 5.56. The summed E-state index contributed by atoms with van der Waals surface area (Å²) in [6.45, 7) is 8.39. The maximum Gasteiger partial charge on any atom is 0.238 e. The van der Waals surface area contributed by atoms with E-state index < -0.39 is 0 Å². The standard InChI is InChI=1S/C21H32N4O3/c1-2-28-19-9-5-4-8-18(19)22-20(26)16-23-12-14-24(15-13-23)17-21(27)25-10-6-3-7-11-25/h4-5,8-9H,2-3,6-7,10-17H2,1H3,(H,22,26). The zero-order valence-corrected chi connectivity index (χ0v) is 16.9. The Balaban J connectivity index is 1.40. The first-order valence-electron chi connectivity index (χ1n) is 10.4. The molecule has 28 heavy (non-hydrogen) atoms. The molecule has 3 rings (SSSR count). The summed E-state index contributed by atoms with van der Waals surface area (Å²) in [6, 6.07) is 7.49. The molecule has 0 spiro atoms. The minimum atomic E-state index is -0.0370. The summed E-state index contributed by atoms with van der Waals surface area (Å²) in [5.74, 6) is 0.905. The van der Waals surface area contributed by atoms with E-state index in [0.717, 1.165) is 52.1 Å². The van der Waals surface area contributed by atoms with Crippen LogP contribution in [-0.2, 0) is 9.59 Å². The molecule has 2 heterocycles. The highest BCUT2D eigenvalue weighted by Crippen LogP contribution is 2.23. The van der Waals surface area contributed by atoms with E-state index in [1.54, 1.807) is 0 Å². The fourth-order valence-electron chi connectivity index (χ4n) is 3.78. The Labute approximate surface area is 167 Å². The molecule has 2 saturated heterocycles. The third-order valence-electron chi connectivity index (χ3n) is 5.36. The van der Waals surface area contributed by atoms with Gasteiger partial charge < -0.3 is 15.0 Å². The zero-order valence-electron chi connectivity index (χ0n) is 16.9. The van der Waals surface area contributed by atoms with Crippen molar-refractivity contribution in [3.05, 3.63) is 24.3 Å². The molecule has 0 bridgehead atoms. The quantitative estimate of drug-likeness (QED) is 0.770. The molecule has 0 saturated carbocycles. The largest absolute Gasteiger partial charge is 0.492 e. The van der Waals surface area contributed by atoms with Crippen LogP contribution in [0.1, 0.15) is 26.2 Å². The molecule has 7 nitrogen and oxygen atoms in total. The highest BCUT2D eigenvalue weighted by Gasteiger charge is 2.23. The van der Waals surface area contributed by atoms with Crippen LogP contribution in [0.2, 0.25) is 0 Å². The van der Waals surface area contributed by atoms with Crippen LogP contribution in [-0.4, -0.2) is 85.5 Å². The van der Waals surface area contributed by atoms with Gasteiger partial charge in [0.2, 0.25) is 11.8 Å². The van der Waals surface area contributed by atoms with Crippen molar-refractivity contribution in [1.82, 2.24) is 14.7 Å². The molecule has 2 aliphatic rings. The topological polar surface area (TPSA) is 65.1 Å². The van der Waals surface area contributed by atoms with E-state index in [4.69, 9.17) is 4.74 Å². The molecule has 0 atom stereocenters. The van der Waals surface area contributed by atoms with Crippen molar-refractivity contribution < 1.29 is 14.3 Å². The number of nitrogens with one attached hydrogen (secondary N) is 1. The predicted molar refractivity (Wildman–Crippen MR) is 110 cm³/mol. The van der Waals surface area contributed by atoms with Crippen LogP contribution in [0.4, 0.5) is 5.69 Å². The van der Waals surface area contributed by atoms with Gasteiger partial charge in [-0.3, -0.25) is 19.4 Å². The van der Waals surface area contributed by atoms with Crippen molar-refractivity contribution in [3.8, 4) is 5.75 Å². The number of amides is 2. The van der Waals surface area contributed by atoms with Gasteiger partial charge in [0.25, 0.3) is 0 Å². The van der Waals surface area contributed by atoms with Crippen molar-refractivity contribution in [2.75, 3.05) is 64.3 Å². The fraction of sp³-hybridized carbons (Fsp3) is 0.619. The van der Waals surface area contributed by atoms with Crippen molar-refractivity contribution in [3.63, 3.8) is 0 Å². The molecular weight excluding hydrogens is 356 g/mol. The van der Waals surface area contributed by atoms with E-state index >= 15 is 0 Å². The first kappa shape index (κ1) is 20.6. The highest BCUT2D eigenvalue weighted by atomic mass is 16.5. The highest BCUT2D eigenvalue weighted by molar-refractivity contribution is 5.93. The van der Waals surface area contributed by atoms with Crippen LogP contribution in [0.25, 0.3) is 0 Å². The van der Waals surface area contributed by atoms with Crippen LogP contribution in [0.5, 0.6) is 5.75 Å². The fourth-order valence-corrected chi connectivity index (χ4v) is 3.78. The number of anilines is 1. The number of hydrogen-bond donors (Lipinski definition) is 1. The molecular formula is C21H32N4O3. The predicted octanol–water partition coefficient (Wildman–Crippen LogP) is 1.65. The van der Waals surface area contributed by atoms with E-state index in [-0.39, 0.29) is 11.8 Å². The third kappa shape index (κ3) is 5.94. The van der Waals surface area contributed by atoms with E-state index in [1.807, 2.05) is 36.1 Å². The van der Waals surface area contributed by atoms with Crippen LogP contribution >= 0.6 is 0 Å². The van der Waals surface area contributed by atoms with Crippen LogP contribution in [0.15, 0.2) is 24.3 Å². The molecule has 1 N–H and O–H groups in total. The zero-order chi connectivity index (χ0) is 19.8. The number of para-hydroxylation sites is 2. The first-order valence-corrected chi connectivity index (χ1v) is 10.4. The van der Waals surface area contributed by atoms with Crippen LogP contribution in [0.3, 0.4) is 0 Å². The number of benzene rings is 1. The molecule has 2 amide bonds. The second-order valence-corrected chi connectivity index (χ2v) is 7.47. The molecule has 0 aromatic heterocycles.